The first kappa shape index (κ1) is 19.5. The second-order valence-corrected chi connectivity index (χ2v) is 7.75. The third-order valence-electron chi connectivity index (χ3n) is 5.49. The van der Waals surface area contributed by atoms with Gasteiger partial charge in [-0.15, -0.1) is 0 Å². The Kier molecular flexibility index (Phi) is 4.84. The second-order valence-electron chi connectivity index (χ2n) is 7.75. The molecule has 0 bridgehead atoms. The first-order valence-corrected chi connectivity index (χ1v) is 9.65. The van der Waals surface area contributed by atoms with Crippen LogP contribution in [0.4, 0.5) is 13.2 Å². The molecule has 2 aromatic rings. The lowest BCUT2D eigenvalue weighted by atomic mass is 9.95. The van der Waals surface area contributed by atoms with E-state index in [2.05, 4.69) is 10.3 Å². The molecule has 0 spiro atoms. The van der Waals surface area contributed by atoms with Crippen molar-refractivity contribution in [1.82, 2.24) is 10.3 Å². The Labute approximate surface area is 165 Å². The Morgan fingerprint density at radius 3 is 2.41 bits per heavy atom. The van der Waals surface area contributed by atoms with Crippen LogP contribution >= 0.6 is 0 Å². The van der Waals surface area contributed by atoms with E-state index < -0.39 is 11.7 Å². The van der Waals surface area contributed by atoms with Gasteiger partial charge >= 0.3 is 6.18 Å². The van der Waals surface area contributed by atoms with Gasteiger partial charge in [0.15, 0.2) is 0 Å². The predicted molar refractivity (Wildman–Crippen MR) is 103 cm³/mol. The fraction of sp³-hybridized carbons (Fsp3) is 0.364. The van der Waals surface area contributed by atoms with Crippen LogP contribution in [0, 0.1) is 6.92 Å². The zero-order chi connectivity index (χ0) is 20.8. The Morgan fingerprint density at radius 1 is 1.10 bits per heavy atom. The third-order valence-corrected chi connectivity index (χ3v) is 5.49. The quantitative estimate of drug-likeness (QED) is 0.802. The molecule has 4 nitrogen and oxygen atoms in total. The number of nitrogens with one attached hydrogen (secondary N) is 2. The molecule has 2 heterocycles. The van der Waals surface area contributed by atoms with Gasteiger partial charge in [0.1, 0.15) is 0 Å². The molecule has 1 aliphatic heterocycles. The van der Waals surface area contributed by atoms with Gasteiger partial charge in [0, 0.05) is 29.3 Å². The van der Waals surface area contributed by atoms with Crippen LogP contribution in [0.15, 0.2) is 41.2 Å². The highest BCUT2D eigenvalue weighted by atomic mass is 19.4. The first-order valence-electron chi connectivity index (χ1n) is 9.65. The number of carbonyl (C=O) groups excluding carboxylic acids is 1. The van der Waals surface area contributed by atoms with Gasteiger partial charge in [-0.25, -0.2) is 0 Å². The number of pyridine rings is 1. The summed E-state index contributed by atoms with van der Waals surface area (Å²) < 4.78 is 39.4. The molecular weight excluding hydrogens is 381 g/mol. The highest BCUT2D eigenvalue weighted by Crippen LogP contribution is 2.38. The van der Waals surface area contributed by atoms with E-state index in [0.717, 1.165) is 24.5 Å². The molecule has 7 heteroatoms. The summed E-state index contributed by atoms with van der Waals surface area (Å²) in [5, 5.41) is 2.84. The number of carbonyl (C=O) groups is 1. The van der Waals surface area contributed by atoms with Crippen molar-refractivity contribution in [3.05, 3.63) is 74.7 Å². The summed E-state index contributed by atoms with van der Waals surface area (Å²) >= 11 is 0. The molecule has 1 saturated heterocycles. The van der Waals surface area contributed by atoms with Gasteiger partial charge in [0.2, 0.25) is 5.91 Å². The molecule has 1 saturated carbocycles. The predicted octanol–water partition coefficient (Wildman–Crippen LogP) is 4.29. The summed E-state index contributed by atoms with van der Waals surface area (Å²) in [7, 11) is 0. The van der Waals surface area contributed by atoms with E-state index in [1.807, 2.05) is 6.08 Å². The molecule has 0 unspecified atom stereocenters. The number of hydrogen-bond donors (Lipinski definition) is 2. The van der Waals surface area contributed by atoms with E-state index >= 15 is 0 Å². The summed E-state index contributed by atoms with van der Waals surface area (Å²) in [6.07, 6.45) is 0.389. The lowest BCUT2D eigenvalue weighted by Gasteiger charge is -2.16. The average Bonchev–Trinajstić information content (AvgIpc) is 3.40. The topological polar surface area (TPSA) is 62.0 Å². The van der Waals surface area contributed by atoms with Gasteiger partial charge in [-0.3, -0.25) is 9.59 Å². The molecule has 1 aliphatic carbocycles. The Balaban J connectivity index is 1.78. The number of hydrogen-bond acceptors (Lipinski definition) is 2. The molecule has 1 aromatic heterocycles. The number of amides is 1. The van der Waals surface area contributed by atoms with E-state index in [1.54, 1.807) is 12.1 Å². The molecule has 2 aliphatic rings. The maximum absolute atomic E-state index is 13.1. The van der Waals surface area contributed by atoms with Gasteiger partial charge in [-0.1, -0.05) is 24.3 Å². The van der Waals surface area contributed by atoms with Crippen LogP contribution in [0.2, 0.25) is 0 Å². The SMILES string of the molecule is Cc1cc(/C(=C/[C@H]2CCC(=O)N2)c2ccc(C3CC3)c(=O)[nH]2)ccc1C(F)(F)F. The van der Waals surface area contributed by atoms with Crippen LogP contribution in [0.25, 0.3) is 5.57 Å². The molecule has 2 N–H and O–H groups in total. The number of aryl methyl sites for hydroxylation is 1. The van der Waals surface area contributed by atoms with Crippen molar-refractivity contribution in [1.29, 1.82) is 0 Å². The van der Waals surface area contributed by atoms with Crippen molar-refractivity contribution >= 4 is 11.5 Å². The molecule has 0 radical (unpaired) electrons. The summed E-state index contributed by atoms with van der Waals surface area (Å²) in [6.45, 7) is 1.42. The van der Waals surface area contributed by atoms with Crippen molar-refractivity contribution in [2.24, 2.45) is 0 Å². The molecular formula is C22H21F3N2O2. The van der Waals surface area contributed by atoms with Gasteiger partial charge in [0.05, 0.1) is 5.56 Å². The van der Waals surface area contributed by atoms with Crippen molar-refractivity contribution < 1.29 is 18.0 Å². The third kappa shape index (κ3) is 4.13. The number of alkyl halides is 3. The zero-order valence-corrected chi connectivity index (χ0v) is 15.9. The van der Waals surface area contributed by atoms with E-state index in [4.69, 9.17) is 0 Å². The van der Waals surface area contributed by atoms with Crippen LogP contribution in [0.1, 0.15) is 59.5 Å². The van der Waals surface area contributed by atoms with Crippen molar-refractivity contribution in [3.8, 4) is 0 Å². The summed E-state index contributed by atoms with van der Waals surface area (Å²) in [6, 6.07) is 7.30. The lowest BCUT2D eigenvalue weighted by Crippen LogP contribution is -2.24. The zero-order valence-electron chi connectivity index (χ0n) is 15.9. The largest absolute Gasteiger partial charge is 0.416 e. The van der Waals surface area contributed by atoms with Gasteiger partial charge < -0.3 is 10.3 Å². The molecule has 1 atom stereocenters. The molecule has 29 heavy (non-hydrogen) atoms. The van der Waals surface area contributed by atoms with Crippen LogP contribution in [0.3, 0.4) is 0 Å². The molecule has 1 aromatic carbocycles. The highest BCUT2D eigenvalue weighted by molar-refractivity contribution is 5.82. The number of aromatic amines is 1. The Morgan fingerprint density at radius 2 is 1.86 bits per heavy atom. The van der Waals surface area contributed by atoms with Crippen LogP contribution in [0.5, 0.6) is 0 Å². The number of aromatic nitrogens is 1. The molecule has 2 fully saturated rings. The Bertz CT molecular complexity index is 1050. The summed E-state index contributed by atoms with van der Waals surface area (Å²) in [5.41, 5.74) is 1.68. The second kappa shape index (κ2) is 7.21. The van der Waals surface area contributed by atoms with Crippen molar-refractivity contribution in [3.63, 3.8) is 0 Å². The Hall–Kier alpha value is -2.83. The lowest BCUT2D eigenvalue weighted by molar-refractivity contribution is -0.138. The minimum Gasteiger partial charge on any atom is -0.350 e. The smallest absolute Gasteiger partial charge is 0.350 e. The van der Waals surface area contributed by atoms with E-state index in [1.165, 1.54) is 19.1 Å². The van der Waals surface area contributed by atoms with E-state index in [0.29, 0.717) is 35.6 Å². The van der Waals surface area contributed by atoms with Crippen LogP contribution < -0.4 is 10.9 Å². The number of H-pyrrole nitrogens is 1. The van der Waals surface area contributed by atoms with Crippen LogP contribution in [-0.2, 0) is 11.0 Å². The molecule has 152 valence electrons. The number of benzene rings is 1. The van der Waals surface area contributed by atoms with Crippen molar-refractivity contribution in [2.45, 2.75) is 50.7 Å². The van der Waals surface area contributed by atoms with Gasteiger partial charge in [-0.05, 0) is 55.4 Å². The van der Waals surface area contributed by atoms with E-state index in [9.17, 15) is 22.8 Å². The summed E-state index contributed by atoms with van der Waals surface area (Å²) in [5.74, 6) is 0.231. The maximum atomic E-state index is 13.1. The fourth-order valence-electron chi connectivity index (χ4n) is 3.81. The number of rotatable bonds is 4. The van der Waals surface area contributed by atoms with Gasteiger partial charge in [0.25, 0.3) is 5.56 Å². The number of halogens is 3. The maximum Gasteiger partial charge on any atom is 0.416 e. The monoisotopic (exact) mass is 402 g/mol. The standard InChI is InChI=1S/C22H21F3N2O2/c1-12-10-14(4-7-18(12)22(23,24)25)17(11-15-5-9-20(28)26-15)19-8-6-16(13-2-3-13)21(29)27-19/h4,6-8,10-11,13,15H,2-3,5,9H2,1H3,(H,26,28)(H,27,29)/b17-11-/t15-/m1/s1. The minimum absolute atomic E-state index is 0.0632. The first-order chi connectivity index (χ1) is 13.7. The summed E-state index contributed by atoms with van der Waals surface area (Å²) in [4.78, 5) is 27.0. The van der Waals surface area contributed by atoms with E-state index in [-0.39, 0.29) is 23.1 Å². The van der Waals surface area contributed by atoms with Gasteiger partial charge in [-0.2, -0.15) is 13.2 Å². The minimum atomic E-state index is -4.42. The van der Waals surface area contributed by atoms with Crippen molar-refractivity contribution in [2.75, 3.05) is 0 Å². The highest BCUT2D eigenvalue weighted by Gasteiger charge is 2.32. The average molecular weight is 402 g/mol. The van der Waals surface area contributed by atoms with Crippen LogP contribution in [-0.4, -0.2) is 16.9 Å². The molecule has 4 rings (SSSR count). The molecule has 1 amide bonds. The fourth-order valence-corrected chi connectivity index (χ4v) is 3.81. The normalized spacial score (nSPS) is 20.1.